The van der Waals surface area contributed by atoms with E-state index in [1.165, 1.54) is 12.1 Å². The smallest absolute Gasteiger partial charge is 0.258 e. The molecule has 16 heteroatoms. The molecule has 8 atom stereocenters. The van der Waals surface area contributed by atoms with E-state index in [2.05, 4.69) is 15.9 Å². The Morgan fingerprint density at radius 2 is 1.00 bits per heavy atom. The van der Waals surface area contributed by atoms with Crippen LogP contribution in [0.15, 0.2) is 36.7 Å². The van der Waals surface area contributed by atoms with E-state index in [-0.39, 0.29) is 30.3 Å². The fraction of sp³-hybridized carbons (Fsp3) is 0.500. The molecule has 1 aromatic rings. The summed E-state index contributed by atoms with van der Waals surface area (Å²) in [4.78, 5) is 4.15. The normalized spacial score (nSPS) is 46.8. The zero-order chi connectivity index (χ0) is 26.9. The van der Waals surface area contributed by atoms with Gasteiger partial charge in [0.05, 0.1) is 29.5 Å². The quantitative estimate of drug-likeness (QED) is 0.161. The van der Waals surface area contributed by atoms with E-state index in [0.717, 1.165) is 0 Å². The topological polar surface area (TPSA) is 43.1 Å². The molecule has 1 aromatic carbocycles. The first-order valence-corrected chi connectivity index (χ1v) is 15.3. The summed E-state index contributed by atoms with van der Waals surface area (Å²) in [5.41, 5.74) is 0.578. The zero-order valence-corrected chi connectivity index (χ0v) is 27.3. The highest BCUT2D eigenvalue weighted by molar-refractivity contribution is 9.10. The Balaban J connectivity index is 1.80. The van der Waals surface area contributed by atoms with Crippen molar-refractivity contribution in [1.29, 1.82) is 0 Å². The van der Waals surface area contributed by atoms with Crippen LogP contribution in [0.1, 0.15) is 23.0 Å². The van der Waals surface area contributed by atoms with Gasteiger partial charge in [0.1, 0.15) is 19.5 Å². The maximum Gasteiger partial charge on any atom is 0.283 e. The zero-order valence-electron chi connectivity index (χ0n) is 16.6. The lowest BCUT2D eigenvalue weighted by atomic mass is 9.57. The van der Waals surface area contributed by atoms with Crippen molar-refractivity contribution in [3.8, 4) is 0 Å². The molecule has 0 spiro atoms. The Labute approximate surface area is 272 Å². The number of nitrogens with zero attached hydrogens (tertiary/aromatic N) is 1. The number of hydrogen-bond donors (Lipinski definition) is 0. The molecule has 36 heavy (non-hydrogen) atoms. The average molecular weight is 798 g/mol. The van der Waals surface area contributed by atoms with Gasteiger partial charge in [0.25, 0.3) is 5.69 Å². The molecule has 0 N–H and O–H groups in total. The van der Waals surface area contributed by atoms with Gasteiger partial charge >= 0.3 is 0 Å². The number of fused-ring (bicyclic) bond motifs is 14. The second-order valence-corrected chi connectivity index (χ2v) is 16.9. The van der Waals surface area contributed by atoms with E-state index in [1.807, 2.05) is 0 Å². The fourth-order valence-corrected chi connectivity index (χ4v) is 13.6. The lowest BCUT2D eigenvalue weighted by molar-refractivity contribution is -0.385. The molecule has 2 saturated carbocycles. The van der Waals surface area contributed by atoms with E-state index in [9.17, 15) is 10.1 Å². The molecule has 0 amide bonds. The number of nitro groups is 1. The first-order valence-electron chi connectivity index (χ1n) is 9.93. The van der Waals surface area contributed by atoms with Gasteiger partial charge in [-0.25, -0.2) is 0 Å². The Morgan fingerprint density at radius 1 is 0.667 bits per heavy atom. The number of benzene rings is 1. The van der Waals surface area contributed by atoms with Gasteiger partial charge in [0.2, 0.25) is 0 Å². The molecular weight excluding hydrogens is 792 g/mol. The minimum Gasteiger partial charge on any atom is -0.258 e. The van der Waals surface area contributed by atoms with Gasteiger partial charge < -0.3 is 0 Å². The van der Waals surface area contributed by atoms with Crippen molar-refractivity contribution in [3.63, 3.8) is 0 Å². The predicted octanol–water partition coefficient (Wildman–Crippen LogP) is 10.5. The second kappa shape index (κ2) is 7.71. The molecule has 0 radical (unpaired) electrons. The van der Waals surface area contributed by atoms with Crippen LogP contribution in [0, 0.1) is 22.0 Å². The standard InChI is InChI=1S/C20H6BrCl12NO2/c21-5-1-3-4(2-6(5)34(35)36)8-10(18(29)14(25)12(23)16(8,27)20(18,32)33)9-7(3)15(26)11(22)13(24)17(9,28)19(15,30)31/h1-2,7-10H/t7?,8?,9?,10?,15-,16+,17+,18-/m1/s1. The summed E-state index contributed by atoms with van der Waals surface area (Å²) >= 11 is 86.5. The summed E-state index contributed by atoms with van der Waals surface area (Å²) in [6.45, 7) is 0. The van der Waals surface area contributed by atoms with E-state index in [1.54, 1.807) is 0 Å². The first kappa shape index (κ1) is 28.2. The Kier molecular flexibility index (Phi) is 6.04. The monoisotopic (exact) mass is 791 g/mol. The Bertz CT molecular complexity index is 1400. The van der Waals surface area contributed by atoms with Crippen LogP contribution < -0.4 is 0 Å². The molecule has 194 valence electrons. The Morgan fingerprint density at radius 3 is 1.36 bits per heavy atom. The van der Waals surface area contributed by atoms with Gasteiger partial charge in [-0.2, -0.15) is 0 Å². The van der Waals surface area contributed by atoms with E-state index >= 15 is 0 Å². The molecule has 0 saturated heterocycles. The number of nitro benzene ring substituents is 1. The van der Waals surface area contributed by atoms with Gasteiger partial charge in [-0.05, 0) is 33.1 Å². The van der Waals surface area contributed by atoms with Crippen molar-refractivity contribution in [2.45, 2.75) is 40.0 Å². The maximum atomic E-state index is 11.9. The Hall–Kier alpha value is 2.06. The molecule has 4 bridgehead atoms. The third-order valence-electron chi connectivity index (χ3n) is 8.39. The molecule has 3 nitrogen and oxygen atoms in total. The van der Waals surface area contributed by atoms with Crippen LogP contribution in [-0.2, 0) is 0 Å². The van der Waals surface area contributed by atoms with Crippen molar-refractivity contribution >= 4 is 161 Å². The molecule has 5 aliphatic rings. The molecule has 4 unspecified atom stereocenters. The highest BCUT2D eigenvalue weighted by Gasteiger charge is 2.91. The number of hydrogen-bond acceptors (Lipinski definition) is 2. The summed E-state index contributed by atoms with van der Waals surface area (Å²) in [6.07, 6.45) is 0. The van der Waals surface area contributed by atoms with Crippen LogP contribution in [0.3, 0.4) is 0 Å². The first-order chi connectivity index (χ1) is 16.3. The maximum absolute atomic E-state index is 11.9. The van der Waals surface area contributed by atoms with Crippen LogP contribution >= 0.6 is 155 Å². The van der Waals surface area contributed by atoms with Crippen LogP contribution in [-0.4, -0.2) is 33.1 Å². The summed E-state index contributed by atoms with van der Waals surface area (Å²) in [5.74, 6) is -3.63. The average Bonchev–Trinajstić information content (AvgIpc) is 3.12. The number of halogens is 13. The van der Waals surface area contributed by atoms with Crippen molar-refractivity contribution < 1.29 is 4.92 Å². The summed E-state index contributed by atoms with van der Waals surface area (Å²) < 4.78 is -3.81. The highest BCUT2D eigenvalue weighted by atomic mass is 79.9. The third kappa shape index (κ3) is 2.47. The van der Waals surface area contributed by atoms with Crippen LogP contribution in [0.2, 0.25) is 0 Å². The van der Waals surface area contributed by atoms with Crippen LogP contribution in [0.25, 0.3) is 0 Å². The van der Waals surface area contributed by atoms with Crippen molar-refractivity contribution in [2.75, 3.05) is 0 Å². The van der Waals surface area contributed by atoms with Gasteiger partial charge in [-0.15, -0.1) is 46.4 Å². The van der Waals surface area contributed by atoms with Gasteiger partial charge in [-0.1, -0.05) is 92.8 Å². The van der Waals surface area contributed by atoms with Crippen molar-refractivity contribution in [3.05, 3.63) is 58.0 Å². The van der Waals surface area contributed by atoms with E-state index < -0.39 is 56.8 Å². The lowest BCUT2D eigenvalue weighted by Crippen LogP contribution is -2.53. The molecule has 2 fully saturated rings. The second-order valence-electron chi connectivity index (χ2n) is 9.45. The third-order valence-corrected chi connectivity index (χ3v) is 17.6. The summed E-state index contributed by atoms with van der Waals surface area (Å²) in [5, 5.41) is 11.6. The minimum atomic E-state index is -2.00. The fourth-order valence-electron chi connectivity index (χ4n) is 7.05. The van der Waals surface area contributed by atoms with Crippen molar-refractivity contribution in [1.82, 2.24) is 0 Å². The van der Waals surface area contributed by atoms with Gasteiger partial charge in [-0.3, -0.25) is 10.1 Å². The molecule has 6 rings (SSSR count). The molecule has 0 heterocycles. The predicted molar refractivity (Wildman–Crippen MR) is 154 cm³/mol. The minimum absolute atomic E-state index is 0.0546. The molecular formula is C20H6BrCl12NO2. The SMILES string of the molecule is O=[N+]([O-])c1cc2c(cc1Br)C1C(C3C2[C@]2(Cl)C(Cl)=C(Cl)[C@@]3(Cl)C2(Cl)Cl)[C@]2(Cl)C(Cl)=C(Cl)[C@@]1(Cl)C2(Cl)Cl. The largest absolute Gasteiger partial charge is 0.283 e. The lowest BCUT2D eigenvalue weighted by Gasteiger charge is -2.52. The van der Waals surface area contributed by atoms with Crippen LogP contribution in [0.4, 0.5) is 5.69 Å². The van der Waals surface area contributed by atoms with E-state index in [0.29, 0.717) is 11.1 Å². The van der Waals surface area contributed by atoms with Crippen LogP contribution in [0.5, 0.6) is 0 Å². The number of allylic oxidation sites excluding steroid dienone is 4. The van der Waals surface area contributed by atoms with Crippen molar-refractivity contribution in [2.24, 2.45) is 11.8 Å². The summed E-state index contributed by atoms with van der Waals surface area (Å²) in [6, 6.07) is 2.88. The number of rotatable bonds is 1. The molecule has 0 aromatic heterocycles. The van der Waals surface area contributed by atoms with Gasteiger partial charge in [0, 0.05) is 29.7 Å². The van der Waals surface area contributed by atoms with E-state index in [4.69, 9.17) is 139 Å². The number of alkyl halides is 8. The molecule has 0 aliphatic heterocycles. The molecule has 5 aliphatic carbocycles. The summed E-state index contributed by atoms with van der Waals surface area (Å²) in [7, 11) is 0. The highest BCUT2D eigenvalue weighted by Crippen LogP contribution is 2.88. The van der Waals surface area contributed by atoms with Gasteiger partial charge in [0.15, 0.2) is 8.67 Å².